The molecule has 0 radical (unpaired) electrons. The summed E-state index contributed by atoms with van der Waals surface area (Å²) in [6.07, 6.45) is 0. The van der Waals surface area contributed by atoms with Gasteiger partial charge in [0, 0.05) is 67.0 Å². The van der Waals surface area contributed by atoms with Gasteiger partial charge in [-0.1, -0.05) is 45.0 Å². The zero-order chi connectivity index (χ0) is 31.6. The fourth-order valence-electron chi connectivity index (χ4n) is 5.27. The summed E-state index contributed by atoms with van der Waals surface area (Å²) in [6.45, 7) is 13.1. The van der Waals surface area contributed by atoms with Gasteiger partial charge in [-0.05, 0) is 72.9 Å². The van der Waals surface area contributed by atoms with E-state index in [0.717, 1.165) is 29.8 Å². The van der Waals surface area contributed by atoms with Crippen molar-refractivity contribution >= 4 is 29.0 Å². The summed E-state index contributed by atoms with van der Waals surface area (Å²) in [7, 11) is 1.71. The third kappa shape index (κ3) is 6.43. The van der Waals surface area contributed by atoms with E-state index in [4.69, 9.17) is 4.98 Å². The summed E-state index contributed by atoms with van der Waals surface area (Å²) in [5, 5.41) is 9.45. The average molecular weight is 593 g/mol. The molecule has 0 saturated carbocycles. The van der Waals surface area contributed by atoms with Crippen LogP contribution in [-0.2, 0) is 12.5 Å². The summed E-state index contributed by atoms with van der Waals surface area (Å²) >= 11 is 0. The minimum absolute atomic E-state index is 0.00170. The molecule has 1 fully saturated rings. The second kappa shape index (κ2) is 12.5. The molecule has 44 heavy (non-hydrogen) atoms. The molecule has 4 aromatic rings. The predicted molar refractivity (Wildman–Crippen MR) is 176 cm³/mol. The molecule has 0 atom stereocenters. The van der Waals surface area contributed by atoms with Gasteiger partial charge in [-0.25, -0.2) is 4.98 Å². The number of hydrogen-bond acceptors (Lipinski definition) is 6. The Morgan fingerprint density at radius 1 is 0.886 bits per heavy atom. The first-order chi connectivity index (χ1) is 20.9. The molecule has 1 aliphatic rings. The van der Waals surface area contributed by atoms with E-state index >= 15 is 0 Å². The maximum Gasteiger partial charge on any atom is 0.293 e. The van der Waals surface area contributed by atoms with E-state index in [9.17, 15) is 14.4 Å². The van der Waals surface area contributed by atoms with Crippen LogP contribution in [0.4, 0.5) is 17.2 Å². The Balaban J connectivity index is 1.39. The molecule has 0 unspecified atom stereocenters. The zero-order valence-corrected chi connectivity index (χ0v) is 26.2. The number of nitrogens with one attached hydrogen (secondary N) is 3. The Bertz CT molecular complexity index is 1750. The maximum absolute atomic E-state index is 13.2. The van der Waals surface area contributed by atoms with Crippen molar-refractivity contribution in [2.24, 2.45) is 7.05 Å². The predicted octanol–water partition coefficient (Wildman–Crippen LogP) is 5.40. The van der Waals surface area contributed by atoms with Crippen LogP contribution in [0.1, 0.15) is 58.3 Å². The fraction of sp³-hybridized carbons (Fsp3) is 0.314. The monoisotopic (exact) mass is 592 g/mol. The van der Waals surface area contributed by atoms with Gasteiger partial charge in [0.15, 0.2) is 5.82 Å². The highest BCUT2D eigenvalue weighted by Gasteiger charge is 2.20. The van der Waals surface area contributed by atoms with Crippen LogP contribution >= 0.6 is 0 Å². The molecule has 2 amide bonds. The molecular weight excluding hydrogens is 552 g/mol. The minimum Gasteiger partial charge on any atom is -0.336 e. The smallest absolute Gasteiger partial charge is 0.293 e. The van der Waals surface area contributed by atoms with E-state index in [-0.39, 0.29) is 28.6 Å². The Hall–Kier alpha value is -4.76. The maximum atomic E-state index is 13.2. The van der Waals surface area contributed by atoms with Gasteiger partial charge in [0.1, 0.15) is 0 Å². The number of hydrogen-bond donors (Lipinski definition) is 3. The zero-order valence-electron chi connectivity index (χ0n) is 26.2. The Kier molecular flexibility index (Phi) is 8.69. The highest BCUT2D eigenvalue weighted by molar-refractivity contribution is 6.05. The van der Waals surface area contributed by atoms with Gasteiger partial charge in [0.05, 0.1) is 5.69 Å². The Morgan fingerprint density at radius 3 is 2.16 bits per heavy atom. The molecular formula is C35H40N6O3. The lowest BCUT2D eigenvalue weighted by Crippen LogP contribution is -2.46. The van der Waals surface area contributed by atoms with Gasteiger partial charge >= 0.3 is 0 Å². The second-order valence-corrected chi connectivity index (χ2v) is 12.3. The van der Waals surface area contributed by atoms with E-state index in [2.05, 4.69) is 36.7 Å². The number of piperazine rings is 1. The summed E-state index contributed by atoms with van der Waals surface area (Å²) in [6, 6.07) is 20.4. The van der Waals surface area contributed by atoms with E-state index < -0.39 is 0 Å². The number of carbonyl (C=O) groups excluding carboxylic acids is 2. The number of rotatable bonds is 6. The topological polar surface area (TPSA) is 108 Å². The quantitative estimate of drug-likeness (QED) is 0.277. The van der Waals surface area contributed by atoms with Crippen molar-refractivity contribution in [2.45, 2.75) is 40.0 Å². The van der Waals surface area contributed by atoms with Gasteiger partial charge in [0.25, 0.3) is 17.4 Å². The van der Waals surface area contributed by atoms with Gasteiger partial charge < -0.3 is 25.4 Å². The lowest BCUT2D eigenvalue weighted by molar-refractivity contribution is 0.0735. The molecule has 3 N–H and O–H groups in total. The Labute approximate surface area is 258 Å². The minimum atomic E-state index is -0.270. The third-order valence-corrected chi connectivity index (χ3v) is 8.23. The van der Waals surface area contributed by atoms with Crippen molar-refractivity contribution in [2.75, 3.05) is 36.8 Å². The van der Waals surface area contributed by atoms with Crippen LogP contribution in [0.25, 0.3) is 11.3 Å². The fourth-order valence-corrected chi connectivity index (χ4v) is 5.27. The van der Waals surface area contributed by atoms with Gasteiger partial charge in [-0.3, -0.25) is 14.4 Å². The highest BCUT2D eigenvalue weighted by Crippen LogP contribution is 2.30. The number of amides is 2. The van der Waals surface area contributed by atoms with Crippen molar-refractivity contribution in [3.05, 3.63) is 105 Å². The van der Waals surface area contributed by atoms with Crippen molar-refractivity contribution in [3.8, 4) is 11.3 Å². The lowest BCUT2D eigenvalue weighted by Gasteiger charge is -2.27. The van der Waals surface area contributed by atoms with Crippen LogP contribution in [0.3, 0.4) is 0 Å². The first kappa shape index (κ1) is 30.7. The molecule has 5 rings (SSSR count). The third-order valence-electron chi connectivity index (χ3n) is 8.23. The summed E-state index contributed by atoms with van der Waals surface area (Å²) in [5.74, 6) is -0.0340. The molecule has 2 heterocycles. The number of carbonyl (C=O) groups is 2. The van der Waals surface area contributed by atoms with E-state index in [0.29, 0.717) is 47.0 Å². The van der Waals surface area contributed by atoms with Crippen molar-refractivity contribution in [1.29, 1.82) is 0 Å². The number of benzene rings is 3. The van der Waals surface area contributed by atoms with Crippen LogP contribution < -0.4 is 21.5 Å². The van der Waals surface area contributed by atoms with Gasteiger partial charge in [0.2, 0.25) is 0 Å². The van der Waals surface area contributed by atoms with Crippen LogP contribution in [0.5, 0.6) is 0 Å². The summed E-state index contributed by atoms with van der Waals surface area (Å²) < 4.78 is 1.56. The number of anilines is 3. The standard InChI is InChI=1S/C35H40N6O3/c1-22-28(8-7-9-29(22)38-32(42)24-10-14-26(15-11-24)35(3,4)5)30-23(2)40(6)34(44)31(39-30)37-27-16-12-25(13-17-27)33(43)41-20-18-36-19-21-41/h7-17,36H,18-21H2,1-6H3,(H,37,39)(H,38,42). The SMILES string of the molecule is Cc1c(NC(=O)c2ccc(C(C)(C)C)cc2)cccc1-c1nc(Nc2ccc(C(=O)N3CCNCC3)cc2)c(=O)n(C)c1C. The normalized spacial score (nSPS) is 13.5. The van der Waals surface area contributed by atoms with Crippen LogP contribution in [0.15, 0.2) is 71.5 Å². The largest absolute Gasteiger partial charge is 0.336 e. The molecule has 1 aromatic heterocycles. The van der Waals surface area contributed by atoms with Gasteiger partial charge in [-0.15, -0.1) is 0 Å². The summed E-state index contributed by atoms with van der Waals surface area (Å²) in [4.78, 5) is 45.8. The van der Waals surface area contributed by atoms with E-state index in [1.807, 2.05) is 61.2 Å². The molecule has 9 nitrogen and oxygen atoms in total. The van der Waals surface area contributed by atoms with E-state index in [1.165, 1.54) is 0 Å². The number of nitrogens with zero attached hydrogens (tertiary/aromatic N) is 3. The molecule has 0 bridgehead atoms. The first-order valence-electron chi connectivity index (χ1n) is 14.9. The van der Waals surface area contributed by atoms with Crippen molar-refractivity contribution in [1.82, 2.24) is 19.8 Å². The molecule has 228 valence electrons. The summed E-state index contributed by atoms with van der Waals surface area (Å²) in [5.41, 5.74) is 6.35. The lowest BCUT2D eigenvalue weighted by atomic mass is 9.86. The van der Waals surface area contributed by atoms with E-state index in [1.54, 1.807) is 35.9 Å². The molecule has 1 aliphatic heterocycles. The Morgan fingerprint density at radius 2 is 1.52 bits per heavy atom. The molecule has 0 spiro atoms. The first-order valence-corrected chi connectivity index (χ1v) is 14.9. The highest BCUT2D eigenvalue weighted by atomic mass is 16.2. The van der Waals surface area contributed by atoms with Crippen LogP contribution in [0, 0.1) is 13.8 Å². The molecule has 3 aromatic carbocycles. The average Bonchev–Trinajstić information content (AvgIpc) is 3.02. The molecule has 0 aliphatic carbocycles. The molecule has 1 saturated heterocycles. The second-order valence-electron chi connectivity index (χ2n) is 12.3. The number of aromatic nitrogens is 2. The van der Waals surface area contributed by atoms with Crippen LogP contribution in [-0.4, -0.2) is 52.4 Å². The van der Waals surface area contributed by atoms with Crippen molar-refractivity contribution < 1.29 is 9.59 Å². The van der Waals surface area contributed by atoms with Crippen LogP contribution in [0.2, 0.25) is 0 Å². The van der Waals surface area contributed by atoms with Crippen molar-refractivity contribution in [3.63, 3.8) is 0 Å². The molecule has 9 heteroatoms. The van der Waals surface area contributed by atoms with Gasteiger partial charge in [-0.2, -0.15) is 0 Å².